The van der Waals surface area contributed by atoms with Crippen molar-refractivity contribution in [3.05, 3.63) is 0 Å². The summed E-state index contributed by atoms with van der Waals surface area (Å²) < 4.78 is 5.17. The van der Waals surface area contributed by atoms with Crippen LogP contribution >= 0.6 is 0 Å². The molecule has 0 aromatic carbocycles. The van der Waals surface area contributed by atoms with Crippen LogP contribution < -0.4 is 5.32 Å². The van der Waals surface area contributed by atoms with E-state index in [1.807, 2.05) is 0 Å². The van der Waals surface area contributed by atoms with E-state index < -0.39 is 0 Å². The molecule has 4 heteroatoms. The van der Waals surface area contributed by atoms with Crippen molar-refractivity contribution in [1.82, 2.24) is 10.2 Å². The van der Waals surface area contributed by atoms with Gasteiger partial charge in [-0.3, -0.25) is 4.90 Å². The number of rotatable bonds is 13. The normalized spacial score (nSPS) is 15.0. The maximum atomic E-state index is 9.21. The van der Waals surface area contributed by atoms with Crippen molar-refractivity contribution in [2.45, 2.75) is 40.5 Å². The molecule has 0 radical (unpaired) electrons. The zero-order valence-electron chi connectivity index (χ0n) is 14.2. The Labute approximate surface area is 125 Å². The molecule has 0 fully saturated rings. The fraction of sp³-hybridized carbons (Fsp3) is 1.00. The molecule has 0 heterocycles. The average molecular weight is 288 g/mol. The van der Waals surface area contributed by atoms with Crippen LogP contribution in [0, 0.1) is 11.3 Å². The molecule has 0 bridgehead atoms. The van der Waals surface area contributed by atoms with Crippen LogP contribution in [-0.4, -0.2) is 63.1 Å². The number of methoxy groups -OCH3 is 1. The van der Waals surface area contributed by atoms with E-state index in [0.717, 1.165) is 39.3 Å². The van der Waals surface area contributed by atoms with Crippen LogP contribution in [0.1, 0.15) is 40.5 Å². The molecule has 0 aromatic heterocycles. The topological polar surface area (TPSA) is 44.7 Å². The first kappa shape index (κ1) is 19.8. The van der Waals surface area contributed by atoms with Crippen molar-refractivity contribution in [3.8, 4) is 0 Å². The van der Waals surface area contributed by atoms with Crippen molar-refractivity contribution in [2.75, 3.05) is 53.0 Å². The summed E-state index contributed by atoms with van der Waals surface area (Å²) in [6.45, 7) is 14.7. The van der Waals surface area contributed by atoms with Crippen molar-refractivity contribution < 1.29 is 9.84 Å². The Morgan fingerprint density at radius 3 is 2.50 bits per heavy atom. The molecule has 20 heavy (non-hydrogen) atoms. The zero-order chi connectivity index (χ0) is 15.4. The van der Waals surface area contributed by atoms with Gasteiger partial charge in [-0.1, -0.05) is 34.1 Å². The first-order valence-corrected chi connectivity index (χ1v) is 8.00. The highest BCUT2D eigenvalue weighted by atomic mass is 16.5. The Kier molecular flexibility index (Phi) is 11.4. The van der Waals surface area contributed by atoms with Gasteiger partial charge < -0.3 is 15.2 Å². The summed E-state index contributed by atoms with van der Waals surface area (Å²) in [6, 6.07) is 0. The Morgan fingerprint density at radius 1 is 1.30 bits per heavy atom. The molecule has 0 saturated heterocycles. The molecule has 2 N–H and O–H groups in total. The summed E-state index contributed by atoms with van der Waals surface area (Å²) >= 11 is 0. The predicted molar refractivity (Wildman–Crippen MR) is 86.1 cm³/mol. The molecule has 0 spiro atoms. The van der Waals surface area contributed by atoms with Gasteiger partial charge >= 0.3 is 0 Å². The summed E-state index contributed by atoms with van der Waals surface area (Å²) in [7, 11) is 1.73. The Balaban J connectivity index is 4.42. The lowest BCUT2D eigenvalue weighted by molar-refractivity contribution is 0.0909. The van der Waals surface area contributed by atoms with Crippen molar-refractivity contribution in [1.29, 1.82) is 0 Å². The second-order valence-electron chi connectivity index (χ2n) is 6.58. The molecule has 1 unspecified atom stereocenters. The standard InChI is InChI=1S/C16H36N2O2/c1-6-7-16(4,13-17-12-15(2)3)14-18(8-10-19)9-11-20-5/h15,17,19H,6-14H2,1-5H3. The van der Waals surface area contributed by atoms with Crippen LogP contribution in [-0.2, 0) is 4.74 Å². The van der Waals surface area contributed by atoms with Gasteiger partial charge in [0.1, 0.15) is 0 Å². The third-order valence-electron chi connectivity index (χ3n) is 3.59. The smallest absolute Gasteiger partial charge is 0.0589 e. The number of aliphatic hydroxyl groups is 1. The van der Waals surface area contributed by atoms with E-state index in [9.17, 15) is 5.11 Å². The molecule has 0 saturated carbocycles. The molecule has 0 rings (SSSR count). The van der Waals surface area contributed by atoms with Crippen LogP contribution in [0.25, 0.3) is 0 Å². The predicted octanol–water partition coefficient (Wildman–Crippen LogP) is 1.98. The molecule has 0 aromatic rings. The first-order valence-electron chi connectivity index (χ1n) is 8.00. The van der Waals surface area contributed by atoms with E-state index in [1.54, 1.807) is 7.11 Å². The quantitative estimate of drug-likeness (QED) is 0.544. The number of ether oxygens (including phenoxy) is 1. The summed E-state index contributed by atoms with van der Waals surface area (Å²) in [4.78, 5) is 2.32. The van der Waals surface area contributed by atoms with E-state index in [0.29, 0.717) is 5.92 Å². The lowest BCUT2D eigenvalue weighted by Gasteiger charge is -2.36. The van der Waals surface area contributed by atoms with Gasteiger partial charge in [-0.05, 0) is 24.3 Å². The Morgan fingerprint density at radius 2 is 2.00 bits per heavy atom. The molecule has 0 aliphatic carbocycles. The van der Waals surface area contributed by atoms with Gasteiger partial charge in [-0.25, -0.2) is 0 Å². The summed E-state index contributed by atoms with van der Waals surface area (Å²) in [5, 5.41) is 12.8. The van der Waals surface area contributed by atoms with Crippen LogP contribution in [0.4, 0.5) is 0 Å². The highest BCUT2D eigenvalue weighted by molar-refractivity contribution is 4.81. The number of hydrogen-bond donors (Lipinski definition) is 2. The molecule has 4 nitrogen and oxygen atoms in total. The number of nitrogens with one attached hydrogen (secondary N) is 1. The molecule has 0 amide bonds. The minimum absolute atomic E-state index is 0.214. The first-order chi connectivity index (χ1) is 9.47. The minimum atomic E-state index is 0.214. The number of aliphatic hydroxyl groups excluding tert-OH is 1. The fourth-order valence-electron chi connectivity index (χ4n) is 2.66. The Bertz CT molecular complexity index is 225. The van der Waals surface area contributed by atoms with Crippen molar-refractivity contribution >= 4 is 0 Å². The van der Waals surface area contributed by atoms with E-state index in [4.69, 9.17) is 4.74 Å². The average Bonchev–Trinajstić information content (AvgIpc) is 2.36. The fourth-order valence-corrected chi connectivity index (χ4v) is 2.66. The summed E-state index contributed by atoms with van der Waals surface area (Å²) in [5.74, 6) is 0.683. The van der Waals surface area contributed by atoms with Gasteiger partial charge in [0.25, 0.3) is 0 Å². The highest BCUT2D eigenvalue weighted by Gasteiger charge is 2.25. The van der Waals surface area contributed by atoms with Crippen molar-refractivity contribution in [3.63, 3.8) is 0 Å². The van der Waals surface area contributed by atoms with Gasteiger partial charge in [0.15, 0.2) is 0 Å². The monoisotopic (exact) mass is 288 g/mol. The third kappa shape index (κ3) is 9.70. The summed E-state index contributed by atoms with van der Waals surface area (Å²) in [6.07, 6.45) is 2.39. The highest BCUT2D eigenvalue weighted by Crippen LogP contribution is 2.24. The number of nitrogens with zero attached hydrogens (tertiary/aromatic N) is 1. The van der Waals surface area contributed by atoms with Gasteiger partial charge in [-0.15, -0.1) is 0 Å². The molecule has 0 aliphatic rings. The lowest BCUT2D eigenvalue weighted by Crippen LogP contribution is -2.44. The van der Waals surface area contributed by atoms with Gasteiger partial charge in [0.2, 0.25) is 0 Å². The largest absolute Gasteiger partial charge is 0.395 e. The molecular formula is C16H36N2O2. The Hall–Kier alpha value is -0.160. The van der Waals surface area contributed by atoms with Crippen LogP contribution in [0.15, 0.2) is 0 Å². The van der Waals surface area contributed by atoms with E-state index in [1.165, 1.54) is 12.8 Å². The van der Waals surface area contributed by atoms with Gasteiger partial charge in [0.05, 0.1) is 13.2 Å². The molecular weight excluding hydrogens is 252 g/mol. The molecule has 1 atom stereocenters. The summed E-state index contributed by atoms with van der Waals surface area (Å²) in [5.41, 5.74) is 0.256. The molecule has 0 aliphatic heterocycles. The minimum Gasteiger partial charge on any atom is -0.395 e. The van der Waals surface area contributed by atoms with E-state index in [-0.39, 0.29) is 12.0 Å². The third-order valence-corrected chi connectivity index (χ3v) is 3.59. The second kappa shape index (κ2) is 11.5. The molecule has 122 valence electrons. The van der Waals surface area contributed by atoms with E-state index >= 15 is 0 Å². The SMILES string of the molecule is CCCC(C)(CNCC(C)C)CN(CCO)CCOC. The number of hydrogen-bond acceptors (Lipinski definition) is 4. The van der Waals surface area contributed by atoms with Crippen LogP contribution in [0.3, 0.4) is 0 Å². The van der Waals surface area contributed by atoms with Crippen LogP contribution in [0.2, 0.25) is 0 Å². The maximum absolute atomic E-state index is 9.21. The van der Waals surface area contributed by atoms with E-state index in [2.05, 4.69) is 37.9 Å². The van der Waals surface area contributed by atoms with Crippen LogP contribution in [0.5, 0.6) is 0 Å². The zero-order valence-corrected chi connectivity index (χ0v) is 14.2. The van der Waals surface area contributed by atoms with Gasteiger partial charge in [-0.2, -0.15) is 0 Å². The van der Waals surface area contributed by atoms with Gasteiger partial charge in [0, 0.05) is 33.3 Å². The second-order valence-corrected chi connectivity index (χ2v) is 6.58. The van der Waals surface area contributed by atoms with Crippen molar-refractivity contribution in [2.24, 2.45) is 11.3 Å². The lowest BCUT2D eigenvalue weighted by atomic mass is 9.84. The maximum Gasteiger partial charge on any atom is 0.0589 e.